The number of thioether (sulfide) groups is 1. The van der Waals surface area contributed by atoms with Gasteiger partial charge in [-0.05, 0) is 60.7 Å². The molecule has 5 nitrogen and oxygen atoms in total. The maximum atomic E-state index is 9.81. The van der Waals surface area contributed by atoms with E-state index in [4.69, 9.17) is 9.47 Å². The van der Waals surface area contributed by atoms with Gasteiger partial charge in [0.1, 0.15) is 12.8 Å². The van der Waals surface area contributed by atoms with Crippen LogP contribution in [0.2, 0.25) is 0 Å². The third kappa shape index (κ3) is 5.77. The summed E-state index contributed by atoms with van der Waals surface area (Å²) < 4.78 is 14.5. The van der Waals surface area contributed by atoms with Gasteiger partial charge in [-0.25, -0.2) is 0 Å². The molecule has 2 aliphatic rings. The molecule has 1 aromatic carbocycles. The summed E-state index contributed by atoms with van der Waals surface area (Å²) in [6, 6.07) is 7.79. The SMILES string of the molecule is C[C@H](OC1CCCCO1)C1=NC=C[N+]1=C(CO)SC#Cc1ccc(Br)cc1. The molecule has 1 N–H and O–H groups in total. The van der Waals surface area contributed by atoms with Crippen LogP contribution in [0.25, 0.3) is 0 Å². The molecule has 0 aliphatic carbocycles. The first-order chi connectivity index (χ1) is 13.2. The Hall–Kier alpha value is -1.43. The lowest BCUT2D eigenvalue weighted by atomic mass is 10.2. The van der Waals surface area contributed by atoms with E-state index in [1.807, 2.05) is 42.0 Å². The Morgan fingerprint density at radius 2 is 2.26 bits per heavy atom. The predicted octanol–water partition coefficient (Wildman–Crippen LogP) is 3.71. The van der Waals surface area contributed by atoms with Gasteiger partial charge in [-0.1, -0.05) is 21.9 Å². The molecule has 1 unspecified atom stereocenters. The molecule has 2 aliphatic heterocycles. The third-order valence-corrected chi connectivity index (χ3v) is 5.43. The van der Waals surface area contributed by atoms with Gasteiger partial charge >= 0.3 is 5.84 Å². The van der Waals surface area contributed by atoms with Gasteiger partial charge < -0.3 is 14.6 Å². The molecular weight excluding hydrogens is 428 g/mol. The second-order valence-corrected chi connectivity index (χ2v) is 7.91. The van der Waals surface area contributed by atoms with Crippen molar-refractivity contribution in [2.45, 2.75) is 38.6 Å². The van der Waals surface area contributed by atoms with E-state index in [-0.39, 0.29) is 19.0 Å². The van der Waals surface area contributed by atoms with Crippen molar-refractivity contribution in [1.82, 2.24) is 0 Å². The van der Waals surface area contributed by atoms with Crippen LogP contribution < -0.4 is 0 Å². The zero-order valence-corrected chi connectivity index (χ0v) is 17.5. The third-order valence-electron chi connectivity index (χ3n) is 4.14. The normalized spacial score (nSPS) is 22.0. The molecule has 0 radical (unpaired) electrons. The van der Waals surface area contributed by atoms with E-state index in [2.05, 4.69) is 32.1 Å². The highest BCUT2D eigenvalue weighted by Crippen LogP contribution is 2.18. The highest BCUT2D eigenvalue weighted by molar-refractivity contribution is 9.10. The molecular formula is C20H22BrN2O3S+. The lowest BCUT2D eigenvalue weighted by molar-refractivity contribution is -0.332. The van der Waals surface area contributed by atoms with Crippen molar-refractivity contribution in [3.8, 4) is 11.2 Å². The molecule has 3 rings (SSSR count). The smallest absolute Gasteiger partial charge is 0.332 e. The molecule has 0 bridgehead atoms. The van der Waals surface area contributed by atoms with Crippen molar-refractivity contribution in [2.24, 2.45) is 4.99 Å². The first kappa shape index (κ1) is 20.3. The quantitative estimate of drug-likeness (QED) is 0.432. The van der Waals surface area contributed by atoms with Crippen molar-refractivity contribution in [3.63, 3.8) is 0 Å². The van der Waals surface area contributed by atoms with Gasteiger partial charge in [-0.2, -0.15) is 4.58 Å². The minimum atomic E-state index is -0.246. The summed E-state index contributed by atoms with van der Waals surface area (Å²) in [4.78, 5) is 4.41. The number of aliphatic hydroxyl groups is 1. The molecule has 1 fully saturated rings. The fraction of sp³-hybridized carbons (Fsp3) is 0.400. The molecule has 27 heavy (non-hydrogen) atoms. The summed E-state index contributed by atoms with van der Waals surface area (Å²) in [6.07, 6.45) is 6.17. The van der Waals surface area contributed by atoms with Gasteiger partial charge in [-0.3, -0.25) is 0 Å². The molecule has 0 aromatic heterocycles. The largest absolute Gasteiger partial charge is 0.387 e. The van der Waals surface area contributed by atoms with Gasteiger partial charge in [0.05, 0.1) is 0 Å². The maximum Gasteiger partial charge on any atom is 0.332 e. The first-order valence-electron chi connectivity index (χ1n) is 8.88. The second-order valence-electron chi connectivity index (χ2n) is 6.12. The Morgan fingerprint density at radius 3 is 2.96 bits per heavy atom. The van der Waals surface area contributed by atoms with Gasteiger partial charge in [0, 0.05) is 28.4 Å². The van der Waals surface area contributed by atoms with E-state index in [1.165, 1.54) is 11.8 Å². The van der Waals surface area contributed by atoms with Crippen molar-refractivity contribution in [2.75, 3.05) is 13.2 Å². The molecule has 0 amide bonds. The van der Waals surface area contributed by atoms with Gasteiger partial charge in [-0.15, -0.1) is 0 Å². The number of halogens is 1. The van der Waals surface area contributed by atoms with Gasteiger partial charge in [0.15, 0.2) is 23.6 Å². The number of aliphatic hydroxyl groups excluding tert-OH is 1. The average molecular weight is 450 g/mol. The summed E-state index contributed by atoms with van der Waals surface area (Å²) in [5.41, 5.74) is 0.917. The zero-order valence-electron chi connectivity index (χ0n) is 15.1. The molecule has 142 valence electrons. The van der Waals surface area contributed by atoms with E-state index in [1.54, 1.807) is 6.20 Å². The van der Waals surface area contributed by atoms with Crippen LogP contribution in [0, 0.1) is 11.2 Å². The van der Waals surface area contributed by atoms with E-state index >= 15 is 0 Å². The number of nitrogens with zero attached hydrogens (tertiary/aromatic N) is 2. The molecule has 7 heteroatoms. The minimum Gasteiger partial charge on any atom is -0.387 e. The molecule has 1 saturated heterocycles. The zero-order chi connectivity index (χ0) is 19.1. The lowest BCUT2D eigenvalue weighted by Crippen LogP contribution is -2.36. The number of aliphatic imine (C=N–C) groups is 1. The summed E-state index contributed by atoms with van der Waals surface area (Å²) >= 11 is 4.70. The number of rotatable bonds is 4. The van der Waals surface area contributed by atoms with E-state index in [9.17, 15) is 5.11 Å². The summed E-state index contributed by atoms with van der Waals surface area (Å²) in [6.45, 7) is 2.56. The summed E-state index contributed by atoms with van der Waals surface area (Å²) in [7, 11) is 0. The molecule has 2 heterocycles. The minimum absolute atomic E-state index is 0.129. The first-order valence-corrected chi connectivity index (χ1v) is 10.5. The van der Waals surface area contributed by atoms with Crippen molar-refractivity contribution in [3.05, 3.63) is 46.7 Å². The number of amidine groups is 1. The number of benzene rings is 1. The van der Waals surface area contributed by atoms with Crippen molar-refractivity contribution in [1.29, 1.82) is 0 Å². The Kier molecular flexibility index (Phi) is 7.68. The van der Waals surface area contributed by atoms with Gasteiger partial charge in [0.25, 0.3) is 0 Å². The maximum absolute atomic E-state index is 9.81. The highest BCUT2D eigenvalue weighted by atomic mass is 79.9. The van der Waals surface area contributed by atoms with Crippen LogP contribution in [0.15, 0.2) is 46.1 Å². The lowest BCUT2D eigenvalue weighted by Gasteiger charge is -2.24. The van der Waals surface area contributed by atoms with Crippen LogP contribution in [-0.2, 0) is 9.47 Å². The second kappa shape index (κ2) is 10.2. The van der Waals surface area contributed by atoms with Crippen molar-refractivity contribution >= 4 is 38.6 Å². The number of hydrogen-bond acceptors (Lipinski definition) is 5. The standard InChI is InChI=1S/C20H22BrN2O3S/c1-15(26-19-4-2-3-12-25-19)20-22-10-11-23(20)18(14-24)27-13-9-16-5-7-17(21)8-6-16/h5-8,10-11,15,19,24H,2-4,12,14H2,1H3/q+1/t15-,19?/m0/s1. The van der Waals surface area contributed by atoms with Gasteiger partial charge in [0.2, 0.25) is 0 Å². The highest BCUT2D eigenvalue weighted by Gasteiger charge is 2.31. The van der Waals surface area contributed by atoms with Crippen molar-refractivity contribution < 1.29 is 19.2 Å². The Labute approximate surface area is 172 Å². The monoisotopic (exact) mass is 449 g/mol. The fourth-order valence-corrected chi connectivity index (χ4v) is 3.64. The molecule has 0 saturated carbocycles. The predicted molar refractivity (Wildman–Crippen MR) is 112 cm³/mol. The molecule has 1 aromatic rings. The Balaban J connectivity index is 1.68. The van der Waals surface area contributed by atoms with E-state index < -0.39 is 0 Å². The van der Waals surface area contributed by atoms with E-state index in [0.29, 0.717) is 5.04 Å². The van der Waals surface area contributed by atoms with Crippen LogP contribution in [0.1, 0.15) is 31.7 Å². The summed E-state index contributed by atoms with van der Waals surface area (Å²) in [5, 5.41) is 13.5. The summed E-state index contributed by atoms with van der Waals surface area (Å²) in [5.74, 6) is 3.82. The van der Waals surface area contributed by atoms with Crippen LogP contribution in [0.3, 0.4) is 0 Å². The van der Waals surface area contributed by atoms with Crippen LogP contribution in [0.5, 0.6) is 0 Å². The fourth-order valence-electron chi connectivity index (χ4n) is 2.77. The Morgan fingerprint density at radius 1 is 1.44 bits per heavy atom. The van der Waals surface area contributed by atoms with Crippen LogP contribution in [0.4, 0.5) is 0 Å². The van der Waals surface area contributed by atoms with E-state index in [0.717, 1.165) is 41.7 Å². The molecule has 2 atom stereocenters. The average Bonchev–Trinajstić information content (AvgIpc) is 3.17. The van der Waals surface area contributed by atoms with Crippen LogP contribution >= 0.6 is 27.7 Å². The number of ether oxygens (including phenoxy) is 2. The number of hydrogen-bond donors (Lipinski definition) is 1. The topological polar surface area (TPSA) is 54.1 Å². The van der Waals surface area contributed by atoms with Crippen LogP contribution in [-0.4, -0.2) is 46.2 Å². The Bertz CT molecular complexity index is 803. The molecule has 0 spiro atoms.